The van der Waals surface area contributed by atoms with Crippen molar-refractivity contribution < 1.29 is 13.6 Å². The first-order chi connectivity index (χ1) is 15.6. The first-order valence-corrected chi connectivity index (χ1v) is 10.7. The van der Waals surface area contributed by atoms with Gasteiger partial charge in [-0.2, -0.15) is 0 Å². The molecule has 5 rings (SSSR count). The number of amides is 1. The molecule has 0 aliphatic carbocycles. The highest BCUT2D eigenvalue weighted by Gasteiger charge is 2.24. The number of carbonyl (C=O) groups is 1. The Kier molecular flexibility index (Phi) is 5.33. The summed E-state index contributed by atoms with van der Waals surface area (Å²) in [6.07, 6.45) is 3.74. The van der Waals surface area contributed by atoms with Crippen molar-refractivity contribution in [2.24, 2.45) is 4.99 Å². The number of nitrogens with one attached hydrogen (secondary N) is 1. The number of hydrogen-bond acceptors (Lipinski definition) is 3. The minimum Gasteiger partial charge on any atom is -0.342 e. The number of fused-ring (bicyclic) bond motifs is 1. The molecule has 1 N–H and O–H groups in total. The van der Waals surface area contributed by atoms with Crippen molar-refractivity contribution in [3.05, 3.63) is 107 Å². The summed E-state index contributed by atoms with van der Waals surface area (Å²) in [7, 11) is 0. The smallest absolute Gasteiger partial charge is 0.264 e. The van der Waals surface area contributed by atoms with Crippen molar-refractivity contribution in [2.75, 3.05) is 0 Å². The van der Waals surface area contributed by atoms with Crippen molar-refractivity contribution in [1.82, 2.24) is 9.88 Å². The molecular formula is C25H17F2N3OS. The highest BCUT2D eigenvalue weighted by atomic mass is 32.2. The van der Waals surface area contributed by atoms with Crippen molar-refractivity contribution in [3.8, 4) is 0 Å². The molecule has 4 nitrogen and oxygen atoms in total. The fourth-order valence-corrected chi connectivity index (χ4v) is 4.42. The second-order valence-corrected chi connectivity index (χ2v) is 8.31. The Bertz CT molecular complexity index is 1390. The van der Waals surface area contributed by atoms with Crippen molar-refractivity contribution in [3.63, 3.8) is 0 Å². The van der Waals surface area contributed by atoms with Crippen LogP contribution in [0.1, 0.15) is 11.1 Å². The molecule has 4 aromatic rings. The summed E-state index contributed by atoms with van der Waals surface area (Å²) in [5.74, 6) is -0.844. The van der Waals surface area contributed by atoms with Crippen LogP contribution in [0.15, 0.2) is 88.9 Å². The second kappa shape index (κ2) is 8.43. The fraction of sp³-hybridized carbons (Fsp3) is 0.0400. The number of hydrogen-bond donors (Lipinski definition) is 1. The maximum Gasteiger partial charge on any atom is 0.264 e. The molecule has 1 aromatic heterocycles. The van der Waals surface area contributed by atoms with E-state index in [1.54, 1.807) is 24.3 Å². The molecule has 158 valence electrons. The number of rotatable bonds is 4. The molecule has 0 bridgehead atoms. The van der Waals surface area contributed by atoms with Gasteiger partial charge in [0.15, 0.2) is 5.17 Å². The lowest BCUT2D eigenvalue weighted by atomic mass is 10.1. The van der Waals surface area contributed by atoms with Crippen LogP contribution in [0.2, 0.25) is 0 Å². The first-order valence-electron chi connectivity index (χ1n) is 9.93. The van der Waals surface area contributed by atoms with Gasteiger partial charge in [0, 0.05) is 28.2 Å². The number of para-hydroxylation sites is 1. The molecule has 0 atom stereocenters. The Morgan fingerprint density at radius 1 is 0.969 bits per heavy atom. The number of amidine groups is 1. The minimum absolute atomic E-state index is 0.248. The molecule has 3 aromatic carbocycles. The van der Waals surface area contributed by atoms with Crippen molar-refractivity contribution in [1.29, 1.82) is 0 Å². The van der Waals surface area contributed by atoms with Gasteiger partial charge in [0.25, 0.3) is 5.91 Å². The molecule has 1 fully saturated rings. The molecule has 0 unspecified atom stereocenters. The Hall–Kier alpha value is -3.71. The number of nitrogens with zero attached hydrogens (tertiary/aromatic N) is 2. The largest absolute Gasteiger partial charge is 0.342 e. The van der Waals surface area contributed by atoms with Gasteiger partial charge in [-0.1, -0.05) is 36.4 Å². The molecule has 2 heterocycles. The van der Waals surface area contributed by atoms with E-state index in [2.05, 4.69) is 10.3 Å². The van der Waals surface area contributed by atoms with Crippen LogP contribution in [0.5, 0.6) is 0 Å². The van der Waals surface area contributed by atoms with Crippen LogP contribution in [-0.4, -0.2) is 15.6 Å². The van der Waals surface area contributed by atoms with E-state index in [1.165, 1.54) is 30.0 Å². The van der Waals surface area contributed by atoms with E-state index in [4.69, 9.17) is 0 Å². The van der Waals surface area contributed by atoms with Crippen molar-refractivity contribution in [2.45, 2.75) is 6.54 Å². The molecule has 1 aliphatic heterocycles. The zero-order valence-corrected chi connectivity index (χ0v) is 17.6. The summed E-state index contributed by atoms with van der Waals surface area (Å²) in [6.45, 7) is 0.382. The fourth-order valence-electron chi connectivity index (χ4n) is 3.59. The molecule has 32 heavy (non-hydrogen) atoms. The lowest BCUT2D eigenvalue weighted by Crippen LogP contribution is -2.19. The predicted molar refractivity (Wildman–Crippen MR) is 125 cm³/mol. The molecular weight excluding hydrogens is 428 g/mol. The normalized spacial score (nSPS) is 16.2. The lowest BCUT2D eigenvalue weighted by molar-refractivity contribution is -0.115. The Balaban J connectivity index is 1.48. The average Bonchev–Trinajstić information content (AvgIpc) is 3.31. The third-order valence-electron chi connectivity index (χ3n) is 5.11. The van der Waals surface area contributed by atoms with E-state index in [0.717, 1.165) is 16.5 Å². The van der Waals surface area contributed by atoms with Crippen LogP contribution in [0.3, 0.4) is 0 Å². The van der Waals surface area contributed by atoms with Gasteiger partial charge in [-0.05, 0) is 54.2 Å². The van der Waals surface area contributed by atoms with E-state index in [-0.39, 0.29) is 17.5 Å². The van der Waals surface area contributed by atoms with E-state index in [0.29, 0.717) is 27.9 Å². The zero-order valence-electron chi connectivity index (χ0n) is 16.8. The monoisotopic (exact) mass is 445 g/mol. The summed E-state index contributed by atoms with van der Waals surface area (Å²) in [6, 6.07) is 20.3. The maximum absolute atomic E-state index is 14.2. The van der Waals surface area contributed by atoms with Gasteiger partial charge in [-0.3, -0.25) is 4.79 Å². The van der Waals surface area contributed by atoms with E-state index in [1.807, 2.05) is 47.2 Å². The van der Waals surface area contributed by atoms with Crippen LogP contribution in [0.25, 0.3) is 17.0 Å². The van der Waals surface area contributed by atoms with Gasteiger partial charge in [0.1, 0.15) is 11.6 Å². The number of carbonyl (C=O) groups excluding carboxylic acids is 1. The number of aliphatic imine (C=N–C) groups is 1. The van der Waals surface area contributed by atoms with Crippen LogP contribution < -0.4 is 5.32 Å². The quantitative estimate of drug-likeness (QED) is 0.400. The van der Waals surface area contributed by atoms with Gasteiger partial charge >= 0.3 is 0 Å². The third kappa shape index (κ3) is 4.07. The van der Waals surface area contributed by atoms with E-state index in [9.17, 15) is 13.6 Å². The van der Waals surface area contributed by atoms with Gasteiger partial charge in [-0.15, -0.1) is 0 Å². The predicted octanol–water partition coefficient (Wildman–Crippen LogP) is 5.86. The van der Waals surface area contributed by atoms with Crippen LogP contribution in [-0.2, 0) is 11.3 Å². The summed E-state index contributed by atoms with van der Waals surface area (Å²) in [5.41, 5.74) is 2.95. The van der Waals surface area contributed by atoms with E-state index < -0.39 is 0 Å². The highest BCUT2D eigenvalue weighted by molar-refractivity contribution is 8.18. The average molecular weight is 445 g/mol. The van der Waals surface area contributed by atoms with Crippen LogP contribution in [0, 0.1) is 11.6 Å². The summed E-state index contributed by atoms with van der Waals surface area (Å²) in [5, 5.41) is 4.14. The number of halogens is 2. The van der Waals surface area contributed by atoms with Gasteiger partial charge in [-0.25, -0.2) is 13.8 Å². The number of benzene rings is 3. The number of aromatic nitrogens is 1. The van der Waals surface area contributed by atoms with Gasteiger partial charge < -0.3 is 9.88 Å². The van der Waals surface area contributed by atoms with Crippen LogP contribution in [0.4, 0.5) is 14.5 Å². The molecule has 0 saturated carbocycles. The van der Waals surface area contributed by atoms with Gasteiger partial charge in [0.05, 0.1) is 17.1 Å². The highest BCUT2D eigenvalue weighted by Crippen LogP contribution is 2.31. The molecule has 1 amide bonds. The SMILES string of the molecule is O=C1NC(=Nc2ccc(F)cc2)S/C1=C/c1cn(Cc2ccccc2F)c2ccccc12. The molecule has 7 heteroatoms. The summed E-state index contributed by atoms with van der Waals surface area (Å²) in [4.78, 5) is 17.4. The summed E-state index contributed by atoms with van der Waals surface area (Å²) >= 11 is 1.22. The van der Waals surface area contributed by atoms with E-state index >= 15 is 0 Å². The lowest BCUT2D eigenvalue weighted by Gasteiger charge is -2.06. The zero-order chi connectivity index (χ0) is 22.1. The summed E-state index contributed by atoms with van der Waals surface area (Å²) < 4.78 is 29.3. The Labute approximate surface area is 187 Å². The maximum atomic E-state index is 14.2. The topological polar surface area (TPSA) is 46.4 Å². The first kappa shape index (κ1) is 20.2. The Morgan fingerprint density at radius 3 is 2.53 bits per heavy atom. The molecule has 1 aliphatic rings. The van der Waals surface area contributed by atoms with Crippen LogP contribution >= 0.6 is 11.8 Å². The third-order valence-corrected chi connectivity index (χ3v) is 6.02. The molecule has 1 saturated heterocycles. The second-order valence-electron chi connectivity index (χ2n) is 7.28. The Morgan fingerprint density at radius 2 is 1.72 bits per heavy atom. The van der Waals surface area contributed by atoms with Crippen molar-refractivity contribution >= 4 is 45.5 Å². The molecule has 0 spiro atoms. The molecule has 0 radical (unpaired) electrons. The van der Waals surface area contributed by atoms with Gasteiger partial charge in [0.2, 0.25) is 0 Å². The minimum atomic E-state index is -0.343. The standard InChI is InChI=1S/C25H17F2N3OS/c26-18-9-11-19(12-10-18)28-25-29-24(31)23(32-25)13-17-15-30(22-8-4-2-6-20(17)22)14-16-5-1-3-7-21(16)27/h1-13,15H,14H2,(H,28,29,31)/b23-13+. The number of thioether (sulfide) groups is 1.